The molecule has 1 aliphatic carbocycles. The quantitative estimate of drug-likeness (QED) is 0.596. The third kappa shape index (κ3) is 1.05. The van der Waals surface area contributed by atoms with Crippen molar-refractivity contribution in [1.82, 2.24) is 5.32 Å². The highest BCUT2D eigenvalue weighted by Crippen LogP contribution is 2.23. The normalized spacial score (nSPS) is 27.9. The Kier molecular flexibility index (Phi) is 1.66. The summed E-state index contributed by atoms with van der Waals surface area (Å²) >= 11 is 0. The first-order valence-corrected chi connectivity index (χ1v) is 4.22. The molecule has 0 bridgehead atoms. The van der Waals surface area contributed by atoms with Crippen LogP contribution >= 0.6 is 0 Å². The predicted molar refractivity (Wildman–Crippen MR) is 47.4 cm³/mol. The van der Waals surface area contributed by atoms with Crippen molar-refractivity contribution in [3.8, 4) is 0 Å². The SMILES string of the molecule is CCC1=C2C=CC=CC2NC1. The molecule has 1 unspecified atom stereocenters. The second kappa shape index (κ2) is 2.67. The van der Waals surface area contributed by atoms with E-state index in [0.29, 0.717) is 6.04 Å². The molecule has 0 aromatic heterocycles. The fraction of sp³-hybridized carbons (Fsp3) is 0.400. The molecule has 1 heterocycles. The molecule has 0 aromatic carbocycles. The minimum absolute atomic E-state index is 0.509. The zero-order valence-electron chi connectivity index (χ0n) is 6.80. The van der Waals surface area contributed by atoms with Crippen LogP contribution in [0.15, 0.2) is 35.5 Å². The lowest BCUT2D eigenvalue weighted by atomic mass is 10.00. The van der Waals surface area contributed by atoms with Crippen molar-refractivity contribution in [2.75, 3.05) is 6.54 Å². The topological polar surface area (TPSA) is 12.0 Å². The minimum Gasteiger partial charge on any atom is -0.303 e. The maximum Gasteiger partial charge on any atom is 0.0511 e. The first-order chi connectivity index (χ1) is 5.42. The Balaban J connectivity index is 2.33. The molecule has 11 heavy (non-hydrogen) atoms. The van der Waals surface area contributed by atoms with E-state index >= 15 is 0 Å². The van der Waals surface area contributed by atoms with E-state index in [1.54, 1.807) is 5.57 Å². The molecule has 2 rings (SSSR count). The van der Waals surface area contributed by atoms with Crippen LogP contribution in [-0.2, 0) is 0 Å². The van der Waals surface area contributed by atoms with E-state index in [4.69, 9.17) is 0 Å². The number of fused-ring (bicyclic) bond motifs is 1. The summed E-state index contributed by atoms with van der Waals surface area (Å²) in [6.07, 6.45) is 9.85. The van der Waals surface area contributed by atoms with Gasteiger partial charge in [-0.15, -0.1) is 0 Å². The number of allylic oxidation sites excluding steroid dienone is 2. The van der Waals surface area contributed by atoms with Gasteiger partial charge in [0.1, 0.15) is 0 Å². The third-order valence-electron chi connectivity index (χ3n) is 2.40. The summed E-state index contributed by atoms with van der Waals surface area (Å²) in [6, 6.07) is 0.509. The van der Waals surface area contributed by atoms with Crippen LogP contribution in [0.3, 0.4) is 0 Å². The van der Waals surface area contributed by atoms with Crippen LogP contribution in [0, 0.1) is 0 Å². The van der Waals surface area contributed by atoms with Crippen LogP contribution in [0.4, 0.5) is 0 Å². The summed E-state index contributed by atoms with van der Waals surface area (Å²) in [5, 5.41) is 3.45. The second-order valence-electron chi connectivity index (χ2n) is 3.02. The molecule has 58 valence electrons. The summed E-state index contributed by atoms with van der Waals surface area (Å²) in [6.45, 7) is 3.30. The molecule has 1 nitrogen and oxygen atoms in total. The van der Waals surface area contributed by atoms with E-state index in [0.717, 1.165) is 6.54 Å². The van der Waals surface area contributed by atoms with Crippen LogP contribution in [-0.4, -0.2) is 12.6 Å². The lowest BCUT2D eigenvalue weighted by Gasteiger charge is -2.10. The minimum atomic E-state index is 0.509. The summed E-state index contributed by atoms with van der Waals surface area (Å²) in [5.41, 5.74) is 3.06. The molecular formula is C10H13N. The van der Waals surface area contributed by atoms with Crippen LogP contribution in [0.5, 0.6) is 0 Å². The Morgan fingerprint density at radius 2 is 2.45 bits per heavy atom. The molecule has 0 amide bonds. The molecule has 1 N–H and O–H groups in total. The highest BCUT2D eigenvalue weighted by Gasteiger charge is 2.20. The molecule has 1 aliphatic heterocycles. The zero-order valence-corrected chi connectivity index (χ0v) is 6.80. The molecule has 0 saturated carbocycles. The van der Waals surface area contributed by atoms with Gasteiger partial charge in [0.05, 0.1) is 6.04 Å². The van der Waals surface area contributed by atoms with Crippen LogP contribution < -0.4 is 5.32 Å². The van der Waals surface area contributed by atoms with Gasteiger partial charge >= 0.3 is 0 Å². The summed E-state index contributed by atoms with van der Waals surface area (Å²) in [5.74, 6) is 0. The van der Waals surface area contributed by atoms with Crippen LogP contribution in [0.25, 0.3) is 0 Å². The predicted octanol–water partition coefficient (Wildman–Crippen LogP) is 1.79. The number of rotatable bonds is 1. The van der Waals surface area contributed by atoms with Crippen LogP contribution in [0.2, 0.25) is 0 Å². The summed E-state index contributed by atoms with van der Waals surface area (Å²) in [7, 11) is 0. The molecule has 0 aromatic rings. The highest BCUT2D eigenvalue weighted by molar-refractivity contribution is 5.43. The lowest BCUT2D eigenvalue weighted by Crippen LogP contribution is -2.22. The molecule has 0 fully saturated rings. The average molecular weight is 147 g/mol. The van der Waals surface area contributed by atoms with Gasteiger partial charge in [0.2, 0.25) is 0 Å². The number of hydrogen-bond donors (Lipinski definition) is 1. The zero-order chi connectivity index (χ0) is 7.68. The van der Waals surface area contributed by atoms with E-state index in [2.05, 4.69) is 36.5 Å². The molecule has 2 aliphatic rings. The molecule has 0 spiro atoms. The first kappa shape index (κ1) is 6.86. The summed E-state index contributed by atoms with van der Waals surface area (Å²) in [4.78, 5) is 0. The van der Waals surface area contributed by atoms with Crippen LogP contribution in [0.1, 0.15) is 13.3 Å². The Morgan fingerprint density at radius 1 is 1.55 bits per heavy atom. The van der Waals surface area contributed by atoms with E-state index in [1.165, 1.54) is 12.0 Å². The fourth-order valence-electron chi connectivity index (χ4n) is 1.72. The second-order valence-corrected chi connectivity index (χ2v) is 3.02. The Labute approximate surface area is 67.5 Å². The van der Waals surface area contributed by atoms with Gasteiger partial charge in [-0.25, -0.2) is 0 Å². The number of nitrogens with one attached hydrogen (secondary N) is 1. The van der Waals surface area contributed by atoms with Gasteiger partial charge in [-0.05, 0) is 12.0 Å². The van der Waals surface area contributed by atoms with E-state index in [-0.39, 0.29) is 0 Å². The van der Waals surface area contributed by atoms with Crippen molar-refractivity contribution in [1.29, 1.82) is 0 Å². The molecule has 1 atom stereocenters. The summed E-state index contributed by atoms with van der Waals surface area (Å²) < 4.78 is 0. The van der Waals surface area contributed by atoms with Gasteiger partial charge in [-0.3, -0.25) is 0 Å². The third-order valence-corrected chi connectivity index (χ3v) is 2.40. The molecule has 0 saturated heterocycles. The van der Waals surface area contributed by atoms with Gasteiger partial charge in [0.15, 0.2) is 0 Å². The maximum atomic E-state index is 3.45. The van der Waals surface area contributed by atoms with Gasteiger partial charge < -0.3 is 5.32 Å². The van der Waals surface area contributed by atoms with Crippen molar-refractivity contribution in [3.63, 3.8) is 0 Å². The van der Waals surface area contributed by atoms with Crippen molar-refractivity contribution in [3.05, 3.63) is 35.5 Å². The van der Waals surface area contributed by atoms with E-state index in [1.807, 2.05) is 0 Å². The number of hydrogen-bond acceptors (Lipinski definition) is 1. The van der Waals surface area contributed by atoms with Crippen molar-refractivity contribution < 1.29 is 0 Å². The van der Waals surface area contributed by atoms with Crippen molar-refractivity contribution in [2.45, 2.75) is 19.4 Å². The smallest absolute Gasteiger partial charge is 0.0511 e. The standard InChI is InChI=1S/C10H13N/c1-2-8-7-11-10-6-4-3-5-9(8)10/h3-6,10-11H,2,7H2,1H3. The van der Waals surface area contributed by atoms with E-state index < -0.39 is 0 Å². The maximum absolute atomic E-state index is 3.45. The Morgan fingerprint density at radius 3 is 3.27 bits per heavy atom. The fourth-order valence-corrected chi connectivity index (χ4v) is 1.72. The molecular weight excluding hydrogens is 134 g/mol. The van der Waals surface area contributed by atoms with Crippen molar-refractivity contribution in [2.24, 2.45) is 0 Å². The molecule has 0 radical (unpaired) electrons. The highest BCUT2D eigenvalue weighted by atomic mass is 14.9. The van der Waals surface area contributed by atoms with Gasteiger partial charge in [-0.2, -0.15) is 0 Å². The Bertz CT molecular complexity index is 246. The van der Waals surface area contributed by atoms with Gasteiger partial charge in [0.25, 0.3) is 0 Å². The first-order valence-electron chi connectivity index (χ1n) is 4.22. The van der Waals surface area contributed by atoms with E-state index in [9.17, 15) is 0 Å². The largest absolute Gasteiger partial charge is 0.303 e. The van der Waals surface area contributed by atoms with Gasteiger partial charge in [0, 0.05) is 6.54 Å². The lowest BCUT2D eigenvalue weighted by molar-refractivity contribution is 0.755. The Hall–Kier alpha value is -0.820. The van der Waals surface area contributed by atoms with Crippen molar-refractivity contribution >= 4 is 0 Å². The van der Waals surface area contributed by atoms with Gasteiger partial charge in [-0.1, -0.05) is 36.8 Å². The average Bonchev–Trinajstić information content (AvgIpc) is 2.47. The monoisotopic (exact) mass is 147 g/mol. The molecule has 1 heteroatoms.